The van der Waals surface area contributed by atoms with E-state index in [9.17, 15) is 0 Å². The number of hydrogen-bond acceptors (Lipinski definition) is 6. The van der Waals surface area contributed by atoms with Crippen LogP contribution < -0.4 is 9.47 Å². The van der Waals surface area contributed by atoms with E-state index in [2.05, 4.69) is 53.1 Å². The molecule has 44 heavy (non-hydrogen) atoms. The van der Waals surface area contributed by atoms with Crippen molar-refractivity contribution in [2.24, 2.45) is 23.7 Å². The lowest BCUT2D eigenvalue weighted by atomic mass is 9.59. The fraction of sp³-hybridized carbons (Fsp3) is 0.579. The van der Waals surface area contributed by atoms with Gasteiger partial charge in [0.05, 0.1) is 14.2 Å². The Morgan fingerprint density at radius 1 is 0.841 bits per heavy atom. The van der Waals surface area contributed by atoms with Gasteiger partial charge in [0.1, 0.15) is 34.2 Å². The SMILES string of the molecule is CCC1CC2CC3c4oc5cc(OC)ccc5c4CC(C4C5CCC6C4c4oc7ccc(OC)cc7c4CCN6C5)N(C2)C13. The summed E-state index contributed by atoms with van der Waals surface area (Å²) in [6.07, 6.45) is 8.71. The summed E-state index contributed by atoms with van der Waals surface area (Å²) in [6.45, 7) is 6.07. The topological polar surface area (TPSA) is 51.2 Å². The minimum Gasteiger partial charge on any atom is -0.497 e. The summed E-state index contributed by atoms with van der Waals surface area (Å²) >= 11 is 0. The Labute approximate surface area is 259 Å². The van der Waals surface area contributed by atoms with Gasteiger partial charge in [-0.1, -0.05) is 13.3 Å². The maximum atomic E-state index is 6.99. The van der Waals surface area contributed by atoms with Crippen LogP contribution >= 0.6 is 0 Å². The van der Waals surface area contributed by atoms with Crippen molar-refractivity contribution in [1.82, 2.24) is 9.80 Å². The first kappa shape index (κ1) is 26.3. The van der Waals surface area contributed by atoms with E-state index in [4.69, 9.17) is 18.3 Å². The Kier molecular flexibility index (Phi) is 5.69. The van der Waals surface area contributed by atoms with Crippen LogP contribution in [0.15, 0.2) is 45.2 Å². The summed E-state index contributed by atoms with van der Waals surface area (Å²) in [5, 5.41) is 2.58. The molecule has 6 heteroatoms. The third kappa shape index (κ3) is 3.50. The van der Waals surface area contributed by atoms with Gasteiger partial charge in [-0.25, -0.2) is 0 Å². The molecule has 6 aliphatic heterocycles. The number of piperidine rings is 4. The fourth-order valence-electron chi connectivity index (χ4n) is 11.6. The van der Waals surface area contributed by atoms with E-state index in [-0.39, 0.29) is 0 Å². The Hall–Kier alpha value is -2.96. The second-order valence-corrected chi connectivity index (χ2v) is 14.9. The molecule has 4 aromatic rings. The Morgan fingerprint density at radius 2 is 1.68 bits per heavy atom. The highest BCUT2D eigenvalue weighted by Crippen LogP contribution is 2.59. The third-order valence-corrected chi connectivity index (χ3v) is 13.3. The minimum atomic E-state index is 0.433. The smallest absolute Gasteiger partial charge is 0.138 e. The van der Waals surface area contributed by atoms with E-state index in [1.165, 1.54) is 78.6 Å². The van der Waals surface area contributed by atoms with E-state index < -0.39 is 0 Å². The Balaban J connectivity index is 1.16. The molecule has 11 unspecified atom stereocenters. The van der Waals surface area contributed by atoms with Crippen molar-refractivity contribution >= 4 is 21.9 Å². The van der Waals surface area contributed by atoms with Crippen LogP contribution in [0, 0.1) is 23.7 Å². The molecular weight excluding hydrogens is 548 g/mol. The molecule has 12 rings (SSSR count). The van der Waals surface area contributed by atoms with Crippen molar-refractivity contribution in [3.05, 3.63) is 59.0 Å². The van der Waals surface area contributed by atoms with Crippen LogP contribution in [0.3, 0.4) is 0 Å². The number of fused-ring (bicyclic) bond motifs is 8. The minimum absolute atomic E-state index is 0.433. The van der Waals surface area contributed by atoms with Gasteiger partial charge in [-0.05, 0) is 92.5 Å². The average Bonchev–Trinajstić information content (AvgIpc) is 3.56. The largest absolute Gasteiger partial charge is 0.497 e. The summed E-state index contributed by atoms with van der Waals surface area (Å²) in [4.78, 5) is 5.91. The van der Waals surface area contributed by atoms with Crippen LogP contribution in [0.2, 0.25) is 0 Å². The molecule has 8 aliphatic rings. The van der Waals surface area contributed by atoms with Crippen LogP contribution in [0.5, 0.6) is 11.5 Å². The first-order valence-corrected chi connectivity index (χ1v) is 17.3. The Bertz CT molecular complexity index is 1770. The van der Waals surface area contributed by atoms with Gasteiger partial charge < -0.3 is 18.3 Å². The lowest BCUT2D eigenvalue weighted by Crippen LogP contribution is -2.65. The summed E-state index contributed by atoms with van der Waals surface area (Å²) in [6, 6.07) is 14.6. The number of benzene rings is 2. The molecule has 4 saturated heterocycles. The number of furan rings is 2. The third-order valence-electron chi connectivity index (χ3n) is 13.3. The maximum Gasteiger partial charge on any atom is 0.138 e. The summed E-state index contributed by atoms with van der Waals surface area (Å²) in [5.74, 6) is 8.10. The average molecular weight is 593 g/mol. The van der Waals surface area contributed by atoms with E-state index in [0.29, 0.717) is 41.8 Å². The number of hydrogen-bond donors (Lipinski definition) is 0. The molecule has 230 valence electrons. The van der Waals surface area contributed by atoms with Gasteiger partial charge >= 0.3 is 0 Å². The van der Waals surface area contributed by atoms with Crippen molar-refractivity contribution in [1.29, 1.82) is 0 Å². The van der Waals surface area contributed by atoms with Crippen molar-refractivity contribution in [2.75, 3.05) is 33.9 Å². The summed E-state index contributed by atoms with van der Waals surface area (Å²) in [7, 11) is 3.53. The zero-order valence-corrected chi connectivity index (χ0v) is 26.3. The molecule has 0 amide bonds. The molecule has 2 aromatic heterocycles. The second-order valence-electron chi connectivity index (χ2n) is 14.9. The van der Waals surface area contributed by atoms with Gasteiger partial charge in [-0.3, -0.25) is 9.80 Å². The van der Waals surface area contributed by atoms with Crippen LogP contribution in [-0.4, -0.2) is 61.8 Å². The zero-order valence-electron chi connectivity index (χ0n) is 26.3. The van der Waals surface area contributed by atoms with Crippen molar-refractivity contribution < 1.29 is 18.3 Å². The molecular formula is C38H44N2O4. The first-order chi connectivity index (χ1) is 21.6. The molecule has 8 bridgehead atoms. The van der Waals surface area contributed by atoms with Gasteiger partial charge in [-0.2, -0.15) is 0 Å². The second kappa shape index (κ2) is 9.53. The quantitative estimate of drug-likeness (QED) is 0.247. The van der Waals surface area contributed by atoms with Crippen molar-refractivity contribution in [3.8, 4) is 11.5 Å². The van der Waals surface area contributed by atoms with Crippen molar-refractivity contribution in [3.63, 3.8) is 0 Å². The molecule has 11 atom stereocenters. The number of methoxy groups -OCH3 is 2. The highest BCUT2D eigenvalue weighted by Gasteiger charge is 2.59. The predicted molar refractivity (Wildman–Crippen MR) is 171 cm³/mol. The fourth-order valence-corrected chi connectivity index (χ4v) is 11.6. The van der Waals surface area contributed by atoms with Gasteiger partial charge in [0.15, 0.2) is 0 Å². The van der Waals surface area contributed by atoms with Crippen LogP contribution in [-0.2, 0) is 12.8 Å². The molecule has 0 radical (unpaired) electrons. The molecule has 2 aliphatic carbocycles. The molecule has 2 aromatic carbocycles. The lowest BCUT2D eigenvalue weighted by Gasteiger charge is -2.60. The van der Waals surface area contributed by atoms with E-state index in [0.717, 1.165) is 53.9 Å². The number of nitrogens with zero attached hydrogens (tertiary/aromatic N) is 2. The lowest BCUT2D eigenvalue weighted by molar-refractivity contribution is -0.101. The van der Waals surface area contributed by atoms with Gasteiger partial charge in [-0.15, -0.1) is 0 Å². The molecule has 0 N–H and O–H groups in total. The normalized spacial score (nSPS) is 38.3. The summed E-state index contributed by atoms with van der Waals surface area (Å²) < 4.78 is 25.2. The Morgan fingerprint density at radius 3 is 2.55 bits per heavy atom. The van der Waals surface area contributed by atoms with Crippen LogP contribution in [0.1, 0.15) is 73.5 Å². The van der Waals surface area contributed by atoms with Gasteiger partial charge in [0.2, 0.25) is 0 Å². The van der Waals surface area contributed by atoms with Crippen LogP contribution in [0.25, 0.3) is 21.9 Å². The summed E-state index contributed by atoms with van der Waals surface area (Å²) in [5.41, 5.74) is 4.98. The highest BCUT2D eigenvalue weighted by molar-refractivity contribution is 5.85. The predicted octanol–water partition coefficient (Wildman–Crippen LogP) is 7.38. The zero-order chi connectivity index (χ0) is 29.3. The molecule has 6 fully saturated rings. The molecule has 8 heterocycles. The molecule has 0 spiro atoms. The maximum absolute atomic E-state index is 6.99. The standard InChI is InChI=1S/C38H44N2O4/c1-4-21-13-20-14-29-36(21)40(18-20)31(17-28-25-8-6-24(42-3)16-33(25)44-37(28)29)34-22-5-9-30-35(34)38-26(11-12-39(30)19-22)27-15-23(41-2)7-10-32(27)43-38/h6-8,10,15-16,20-22,29-31,34-36H,4-5,9,11-14,17-19H2,1-3H3. The highest BCUT2D eigenvalue weighted by atomic mass is 16.5. The number of ether oxygens (including phenoxy) is 2. The van der Waals surface area contributed by atoms with Gasteiger partial charge in [0.25, 0.3) is 0 Å². The number of rotatable bonds is 4. The first-order valence-electron chi connectivity index (χ1n) is 17.3. The van der Waals surface area contributed by atoms with Gasteiger partial charge in [0, 0.05) is 77.6 Å². The van der Waals surface area contributed by atoms with Crippen molar-refractivity contribution in [2.45, 2.75) is 81.8 Å². The monoisotopic (exact) mass is 592 g/mol. The van der Waals surface area contributed by atoms with E-state index >= 15 is 0 Å². The van der Waals surface area contributed by atoms with E-state index in [1.54, 1.807) is 14.2 Å². The molecule has 2 saturated carbocycles. The van der Waals surface area contributed by atoms with E-state index in [1.807, 2.05) is 0 Å². The van der Waals surface area contributed by atoms with Crippen LogP contribution in [0.4, 0.5) is 0 Å². The molecule has 6 nitrogen and oxygen atoms in total.